The lowest BCUT2D eigenvalue weighted by atomic mass is 9.91. The van der Waals surface area contributed by atoms with Crippen molar-refractivity contribution < 1.29 is 9.50 Å². The molecule has 3 rings (SSSR count). The molecule has 0 radical (unpaired) electrons. The van der Waals surface area contributed by atoms with E-state index in [0.29, 0.717) is 11.7 Å². The lowest BCUT2D eigenvalue weighted by molar-refractivity contribution is 0.465. The van der Waals surface area contributed by atoms with Gasteiger partial charge in [-0.15, -0.1) is 0 Å². The third-order valence-corrected chi connectivity index (χ3v) is 5.00. The highest BCUT2D eigenvalue weighted by molar-refractivity contribution is 5.67. The highest BCUT2D eigenvalue weighted by Gasteiger charge is 2.26. The molecule has 7 heteroatoms. The molecule has 26 heavy (non-hydrogen) atoms. The van der Waals surface area contributed by atoms with Crippen LogP contribution in [-0.4, -0.2) is 28.2 Å². The molecule has 6 nitrogen and oxygen atoms in total. The Labute approximate surface area is 151 Å². The maximum atomic E-state index is 13.6. The lowest BCUT2D eigenvalue weighted by Gasteiger charge is -2.21. The second-order valence-electron chi connectivity index (χ2n) is 6.67. The van der Waals surface area contributed by atoms with Gasteiger partial charge in [0.25, 0.3) is 0 Å². The van der Waals surface area contributed by atoms with E-state index < -0.39 is 5.82 Å². The van der Waals surface area contributed by atoms with Crippen LogP contribution >= 0.6 is 0 Å². The van der Waals surface area contributed by atoms with E-state index in [9.17, 15) is 14.8 Å². The van der Waals surface area contributed by atoms with Gasteiger partial charge in [-0.3, -0.25) is 0 Å². The predicted molar refractivity (Wildman–Crippen MR) is 96.9 cm³/mol. The second kappa shape index (κ2) is 7.67. The number of rotatable bonds is 3. The Bertz CT molecular complexity index is 849. The molecule has 2 atom stereocenters. The molecule has 0 saturated heterocycles. The molecule has 0 amide bonds. The largest absolute Gasteiger partial charge is 0.507 e. The van der Waals surface area contributed by atoms with Gasteiger partial charge in [-0.25, -0.2) is 14.4 Å². The Morgan fingerprint density at radius 2 is 2.08 bits per heavy atom. The SMILES string of the molecule is CNC1CCCCC(c2nc(-c3cc(F)ccc3O)nc(N)c2C#N)C1. The van der Waals surface area contributed by atoms with E-state index in [-0.39, 0.29) is 34.4 Å². The minimum absolute atomic E-state index is 0.0569. The number of benzene rings is 1. The van der Waals surface area contributed by atoms with Crippen LogP contribution < -0.4 is 11.1 Å². The molecule has 1 saturated carbocycles. The van der Waals surface area contributed by atoms with Gasteiger partial charge in [-0.2, -0.15) is 5.26 Å². The van der Waals surface area contributed by atoms with Crippen LogP contribution in [0.4, 0.5) is 10.2 Å². The van der Waals surface area contributed by atoms with Gasteiger partial charge in [0, 0.05) is 12.0 Å². The molecule has 4 N–H and O–H groups in total. The summed E-state index contributed by atoms with van der Waals surface area (Å²) in [6, 6.07) is 6.04. The number of nitriles is 1. The van der Waals surface area contributed by atoms with Crippen LogP contribution in [-0.2, 0) is 0 Å². The van der Waals surface area contributed by atoms with Crippen molar-refractivity contribution in [3.63, 3.8) is 0 Å². The fourth-order valence-electron chi connectivity index (χ4n) is 3.59. The third kappa shape index (κ3) is 3.60. The van der Waals surface area contributed by atoms with Crippen molar-refractivity contribution in [2.45, 2.75) is 44.1 Å². The molecule has 1 aliphatic rings. The molecule has 0 bridgehead atoms. The minimum Gasteiger partial charge on any atom is -0.507 e. The molecule has 1 fully saturated rings. The number of hydrogen-bond donors (Lipinski definition) is 3. The van der Waals surface area contributed by atoms with E-state index in [4.69, 9.17) is 5.73 Å². The summed E-state index contributed by atoms with van der Waals surface area (Å²) in [6.45, 7) is 0. The molecule has 1 aromatic heterocycles. The summed E-state index contributed by atoms with van der Waals surface area (Å²) in [5.41, 5.74) is 7.03. The van der Waals surface area contributed by atoms with Crippen LogP contribution in [0, 0.1) is 17.1 Å². The van der Waals surface area contributed by atoms with E-state index in [1.54, 1.807) is 0 Å². The van der Waals surface area contributed by atoms with E-state index in [1.807, 2.05) is 7.05 Å². The van der Waals surface area contributed by atoms with Gasteiger partial charge in [0.15, 0.2) is 5.82 Å². The summed E-state index contributed by atoms with van der Waals surface area (Å²) in [5.74, 6) is -0.379. The number of nitrogens with zero attached hydrogens (tertiary/aromatic N) is 3. The summed E-state index contributed by atoms with van der Waals surface area (Å²) in [6.07, 6.45) is 4.97. The number of nitrogen functional groups attached to an aromatic ring is 1. The summed E-state index contributed by atoms with van der Waals surface area (Å²) >= 11 is 0. The monoisotopic (exact) mass is 355 g/mol. The van der Waals surface area contributed by atoms with Crippen molar-refractivity contribution in [3.8, 4) is 23.2 Å². The molecule has 0 spiro atoms. The van der Waals surface area contributed by atoms with E-state index >= 15 is 0 Å². The molecule has 1 heterocycles. The summed E-state index contributed by atoms with van der Waals surface area (Å²) in [7, 11) is 1.93. The minimum atomic E-state index is -0.504. The normalized spacial score (nSPS) is 20.3. The number of nitrogens with one attached hydrogen (secondary N) is 1. The van der Waals surface area contributed by atoms with Crippen molar-refractivity contribution in [3.05, 3.63) is 35.3 Å². The number of aromatic hydroxyl groups is 1. The first kappa shape index (κ1) is 18.1. The van der Waals surface area contributed by atoms with Crippen LogP contribution in [0.15, 0.2) is 18.2 Å². The van der Waals surface area contributed by atoms with Crippen molar-refractivity contribution in [2.24, 2.45) is 0 Å². The van der Waals surface area contributed by atoms with Crippen molar-refractivity contribution in [1.29, 1.82) is 5.26 Å². The summed E-state index contributed by atoms with van der Waals surface area (Å²) < 4.78 is 13.6. The average Bonchev–Trinajstić information content (AvgIpc) is 2.88. The van der Waals surface area contributed by atoms with Crippen molar-refractivity contribution in [2.75, 3.05) is 12.8 Å². The van der Waals surface area contributed by atoms with Gasteiger partial charge < -0.3 is 16.2 Å². The van der Waals surface area contributed by atoms with Crippen LogP contribution in [0.5, 0.6) is 5.75 Å². The van der Waals surface area contributed by atoms with Gasteiger partial charge in [0.1, 0.15) is 29.0 Å². The highest BCUT2D eigenvalue weighted by Crippen LogP contribution is 2.36. The number of phenolic OH excluding ortho intramolecular Hbond substituents is 1. The van der Waals surface area contributed by atoms with Crippen molar-refractivity contribution >= 4 is 5.82 Å². The summed E-state index contributed by atoms with van der Waals surface area (Å²) in [5, 5.41) is 22.9. The Balaban J connectivity index is 2.10. The van der Waals surface area contributed by atoms with Crippen molar-refractivity contribution in [1.82, 2.24) is 15.3 Å². The highest BCUT2D eigenvalue weighted by atomic mass is 19.1. The molecule has 0 aliphatic heterocycles. The predicted octanol–water partition coefficient (Wildman–Crippen LogP) is 3.08. The maximum absolute atomic E-state index is 13.6. The Hall–Kier alpha value is -2.72. The Kier molecular flexibility index (Phi) is 5.33. The van der Waals surface area contributed by atoms with E-state index in [2.05, 4.69) is 21.4 Å². The number of hydrogen-bond acceptors (Lipinski definition) is 6. The molecule has 2 unspecified atom stereocenters. The third-order valence-electron chi connectivity index (χ3n) is 5.00. The second-order valence-corrected chi connectivity index (χ2v) is 6.67. The first-order chi connectivity index (χ1) is 12.5. The zero-order valence-corrected chi connectivity index (χ0v) is 14.7. The first-order valence-electron chi connectivity index (χ1n) is 8.77. The van der Waals surface area contributed by atoms with Crippen LogP contribution in [0.25, 0.3) is 11.4 Å². The van der Waals surface area contributed by atoms with Gasteiger partial charge in [-0.05, 0) is 44.5 Å². The standard InChI is InChI=1S/C19H22FN5O/c1-23-13-5-3-2-4-11(8-13)17-15(10-21)18(22)25-19(24-17)14-9-12(20)6-7-16(14)26/h6-7,9,11,13,23,26H,2-5,8H2,1H3,(H2,22,24,25). The van der Waals surface area contributed by atoms with Crippen LogP contribution in [0.2, 0.25) is 0 Å². The molecular weight excluding hydrogens is 333 g/mol. The summed E-state index contributed by atoms with van der Waals surface area (Å²) in [4.78, 5) is 8.68. The fourth-order valence-corrected chi connectivity index (χ4v) is 3.59. The van der Waals surface area contributed by atoms with Gasteiger partial charge in [-0.1, -0.05) is 12.8 Å². The number of halogens is 1. The number of phenols is 1. The van der Waals surface area contributed by atoms with Crippen LogP contribution in [0.1, 0.15) is 49.3 Å². The van der Waals surface area contributed by atoms with Gasteiger partial charge >= 0.3 is 0 Å². The fraction of sp³-hybridized carbons (Fsp3) is 0.421. The maximum Gasteiger partial charge on any atom is 0.165 e. The number of nitrogens with two attached hydrogens (primary N) is 1. The van der Waals surface area contributed by atoms with Gasteiger partial charge in [0.05, 0.1) is 11.3 Å². The average molecular weight is 355 g/mol. The zero-order valence-electron chi connectivity index (χ0n) is 14.7. The molecule has 1 aliphatic carbocycles. The Morgan fingerprint density at radius 3 is 2.81 bits per heavy atom. The Morgan fingerprint density at radius 1 is 1.31 bits per heavy atom. The lowest BCUT2D eigenvalue weighted by Crippen LogP contribution is -2.26. The topological polar surface area (TPSA) is 108 Å². The number of aromatic nitrogens is 2. The smallest absolute Gasteiger partial charge is 0.165 e. The van der Waals surface area contributed by atoms with E-state index in [0.717, 1.165) is 38.2 Å². The molecule has 2 aromatic rings. The first-order valence-corrected chi connectivity index (χ1v) is 8.77. The molecule has 1 aromatic carbocycles. The quantitative estimate of drug-likeness (QED) is 0.730. The molecular formula is C19H22FN5O. The zero-order chi connectivity index (χ0) is 18.7. The van der Waals surface area contributed by atoms with Gasteiger partial charge in [0.2, 0.25) is 0 Å². The van der Waals surface area contributed by atoms with E-state index in [1.165, 1.54) is 12.1 Å². The van der Waals surface area contributed by atoms with Crippen LogP contribution in [0.3, 0.4) is 0 Å². The number of anilines is 1. The molecule has 136 valence electrons.